The molecule has 0 bridgehead atoms. The molecule has 3 N–H and O–H groups in total. The minimum atomic E-state index is -0.273. The molecule has 2 aromatic rings. The summed E-state index contributed by atoms with van der Waals surface area (Å²) in [7, 11) is 0. The van der Waals surface area contributed by atoms with Crippen LogP contribution in [0.4, 0.5) is 11.6 Å². The van der Waals surface area contributed by atoms with Crippen molar-refractivity contribution in [1.82, 2.24) is 9.97 Å². The van der Waals surface area contributed by atoms with E-state index in [4.69, 9.17) is 0 Å². The first kappa shape index (κ1) is 19.4. The van der Waals surface area contributed by atoms with Gasteiger partial charge in [0, 0.05) is 30.8 Å². The molecule has 0 saturated heterocycles. The van der Waals surface area contributed by atoms with Gasteiger partial charge in [-0.2, -0.15) is 0 Å². The van der Waals surface area contributed by atoms with Crippen molar-refractivity contribution in [2.24, 2.45) is 0 Å². The molecule has 138 valence electrons. The van der Waals surface area contributed by atoms with Crippen LogP contribution in [0.25, 0.3) is 0 Å². The predicted octanol–water partition coefficient (Wildman–Crippen LogP) is 2.56. The van der Waals surface area contributed by atoms with Gasteiger partial charge >= 0.3 is 0 Å². The number of aromatic nitrogens is 2. The van der Waals surface area contributed by atoms with E-state index in [1.807, 2.05) is 24.3 Å². The van der Waals surface area contributed by atoms with Gasteiger partial charge in [-0.25, -0.2) is 4.98 Å². The van der Waals surface area contributed by atoms with Gasteiger partial charge in [-0.05, 0) is 50.3 Å². The fraction of sp³-hybridized carbons (Fsp3) is 0.368. The van der Waals surface area contributed by atoms with Crippen LogP contribution < -0.4 is 16.2 Å². The van der Waals surface area contributed by atoms with Gasteiger partial charge in [0.1, 0.15) is 0 Å². The molecule has 0 atom stereocenters. The average molecular weight is 356 g/mol. The monoisotopic (exact) mass is 356 g/mol. The van der Waals surface area contributed by atoms with Crippen molar-refractivity contribution in [2.75, 3.05) is 10.6 Å². The third kappa shape index (κ3) is 5.84. The van der Waals surface area contributed by atoms with Crippen molar-refractivity contribution in [3.8, 4) is 0 Å². The maximum atomic E-state index is 12.2. The summed E-state index contributed by atoms with van der Waals surface area (Å²) >= 11 is 0. The zero-order chi connectivity index (χ0) is 19.1. The van der Waals surface area contributed by atoms with E-state index in [1.54, 1.807) is 6.92 Å². The van der Waals surface area contributed by atoms with Crippen LogP contribution in [-0.2, 0) is 22.4 Å². The van der Waals surface area contributed by atoms with E-state index in [2.05, 4.69) is 20.6 Å². The van der Waals surface area contributed by atoms with E-state index in [1.165, 1.54) is 19.4 Å². The number of aryl methyl sites for hydroxylation is 2. The van der Waals surface area contributed by atoms with Gasteiger partial charge in [0.05, 0.1) is 0 Å². The Morgan fingerprint density at radius 2 is 1.62 bits per heavy atom. The molecule has 0 aliphatic carbocycles. The van der Waals surface area contributed by atoms with E-state index in [-0.39, 0.29) is 23.3 Å². The maximum Gasteiger partial charge on any atom is 0.255 e. The molecule has 26 heavy (non-hydrogen) atoms. The van der Waals surface area contributed by atoms with Crippen molar-refractivity contribution in [2.45, 2.75) is 46.5 Å². The van der Waals surface area contributed by atoms with Crippen LogP contribution in [0.15, 0.2) is 29.1 Å². The summed E-state index contributed by atoms with van der Waals surface area (Å²) in [5, 5.41) is 5.23. The number of rotatable bonds is 7. The summed E-state index contributed by atoms with van der Waals surface area (Å²) in [6.45, 7) is 4.62. The molecule has 0 radical (unpaired) electrons. The minimum Gasteiger partial charge on any atom is -0.326 e. The zero-order valence-corrected chi connectivity index (χ0v) is 15.3. The lowest BCUT2D eigenvalue weighted by atomic mass is 10.0. The summed E-state index contributed by atoms with van der Waals surface area (Å²) in [6, 6.07) is 7.76. The first-order chi connectivity index (χ1) is 12.3. The minimum absolute atomic E-state index is 0.0866. The number of anilines is 2. The molecule has 0 unspecified atom stereocenters. The van der Waals surface area contributed by atoms with Gasteiger partial charge in [0.2, 0.25) is 17.8 Å². The SMILES string of the molecule is CC(=O)Nc1ccc(CCCCc2c(C)nc(NC(C)=O)[nH]c2=O)cc1. The van der Waals surface area contributed by atoms with E-state index in [0.717, 1.165) is 24.9 Å². The molecular formula is C19H24N4O3. The fourth-order valence-electron chi connectivity index (χ4n) is 2.72. The largest absolute Gasteiger partial charge is 0.326 e. The Labute approximate surface area is 152 Å². The number of aromatic amines is 1. The standard InChI is InChI=1S/C19H24N4O3/c1-12-17(18(26)23-19(20-12)22-14(3)25)7-5-4-6-15-8-10-16(11-9-15)21-13(2)24/h8-11H,4-7H2,1-3H3,(H,21,24)(H2,20,22,23,25,26). The Morgan fingerprint density at radius 1 is 1.00 bits per heavy atom. The van der Waals surface area contributed by atoms with Crippen LogP contribution >= 0.6 is 0 Å². The zero-order valence-electron chi connectivity index (χ0n) is 15.3. The van der Waals surface area contributed by atoms with E-state index < -0.39 is 0 Å². The molecule has 0 aliphatic heterocycles. The molecule has 1 aromatic carbocycles. The van der Waals surface area contributed by atoms with Crippen molar-refractivity contribution >= 4 is 23.5 Å². The van der Waals surface area contributed by atoms with Gasteiger partial charge in [-0.1, -0.05) is 12.1 Å². The van der Waals surface area contributed by atoms with Gasteiger partial charge in [-0.15, -0.1) is 0 Å². The van der Waals surface area contributed by atoms with Crippen LogP contribution in [0.5, 0.6) is 0 Å². The maximum absolute atomic E-state index is 12.2. The van der Waals surface area contributed by atoms with Crippen molar-refractivity contribution in [1.29, 1.82) is 0 Å². The van der Waals surface area contributed by atoms with Crippen molar-refractivity contribution in [3.63, 3.8) is 0 Å². The van der Waals surface area contributed by atoms with Crippen molar-refractivity contribution in [3.05, 3.63) is 51.4 Å². The molecular weight excluding hydrogens is 332 g/mol. The molecule has 2 rings (SSSR count). The molecule has 7 heteroatoms. The molecule has 2 amide bonds. The Bertz CT molecular complexity index is 841. The first-order valence-electron chi connectivity index (χ1n) is 8.59. The van der Waals surface area contributed by atoms with Crippen molar-refractivity contribution < 1.29 is 9.59 Å². The third-order valence-electron chi connectivity index (χ3n) is 3.93. The van der Waals surface area contributed by atoms with Crippen LogP contribution in [0.2, 0.25) is 0 Å². The van der Waals surface area contributed by atoms with E-state index >= 15 is 0 Å². The summed E-state index contributed by atoms with van der Waals surface area (Å²) in [5.41, 5.74) is 3.05. The van der Waals surface area contributed by atoms with Crippen LogP contribution in [0, 0.1) is 6.92 Å². The first-order valence-corrected chi connectivity index (χ1v) is 8.59. The number of nitrogens with one attached hydrogen (secondary N) is 3. The van der Waals surface area contributed by atoms with Crippen LogP contribution in [0.1, 0.15) is 43.5 Å². The third-order valence-corrected chi connectivity index (χ3v) is 3.93. The number of hydrogen-bond donors (Lipinski definition) is 3. The quantitative estimate of drug-likeness (QED) is 0.663. The molecule has 1 aromatic heterocycles. The predicted molar refractivity (Wildman–Crippen MR) is 101 cm³/mol. The summed E-state index contributed by atoms with van der Waals surface area (Å²) in [5.74, 6) is -0.177. The van der Waals surface area contributed by atoms with Crippen LogP contribution in [-0.4, -0.2) is 21.8 Å². The number of nitrogens with zero attached hydrogens (tertiary/aromatic N) is 1. The molecule has 0 fully saturated rings. The highest BCUT2D eigenvalue weighted by molar-refractivity contribution is 5.88. The fourth-order valence-corrected chi connectivity index (χ4v) is 2.72. The van der Waals surface area contributed by atoms with Gasteiger partial charge in [0.15, 0.2) is 0 Å². The second-order valence-corrected chi connectivity index (χ2v) is 6.24. The second-order valence-electron chi connectivity index (χ2n) is 6.24. The number of unbranched alkanes of at least 4 members (excludes halogenated alkanes) is 1. The van der Waals surface area contributed by atoms with Gasteiger partial charge in [-0.3, -0.25) is 24.7 Å². The molecule has 0 saturated carbocycles. The molecule has 7 nitrogen and oxygen atoms in total. The number of carbonyl (C=O) groups is 2. The second kappa shape index (κ2) is 8.94. The van der Waals surface area contributed by atoms with Gasteiger partial charge < -0.3 is 5.32 Å². The highest BCUT2D eigenvalue weighted by atomic mass is 16.2. The Hall–Kier alpha value is -2.96. The Morgan fingerprint density at radius 3 is 2.19 bits per heavy atom. The summed E-state index contributed by atoms with van der Waals surface area (Å²) in [4.78, 5) is 41.0. The topological polar surface area (TPSA) is 104 Å². The highest BCUT2D eigenvalue weighted by Gasteiger charge is 2.09. The van der Waals surface area contributed by atoms with Gasteiger partial charge in [0.25, 0.3) is 5.56 Å². The molecule has 0 aliphatic rings. The lowest BCUT2D eigenvalue weighted by Gasteiger charge is -2.08. The molecule has 1 heterocycles. The Balaban J connectivity index is 1.87. The van der Waals surface area contributed by atoms with Crippen LogP contribution in [0.3, 0.4) is 0 Å². The van der Waals surface area contributed by atoms with E-state index in [0.29, 0.717) is 17.7 Å². The lowest BCUT2D eigenvalue weighted by Crippen LogP contribution is -2.21. The number of carbonyl (C=O) groups excluding carboxylic acids is 2. The smallest absolute Gasteiger partial charge is 0.255 e. The number of benzene rings is 1. The molecule has 0 spiro atoms. The highest BCUT2D eigenvalue weighted by Crippen LogP contribution is 2.13. The summed E-state index contributed by atoms with van der Waals surface area (Å²) in [6.07, 6.45) is 3.33. The number of amides is 2. The van der Waals surface area contributed by atoms with E-state index in [9.17, 15) is 14.4 Å². The number of H-pyrrole nitrogens is 1. The normalized spacial score (nSPS) is 10.4. The lowest BCUT2D eigenvalue weighted by molar-refractivity contribution is -0.115. The Kier molecular flexibility index (Phi) is 6.66. The average Bonchev–Trinajstić information content (AvgIpc) is 2.53. The number of hydrogen-bond acceptors (Lipinski definition) is 4. The summed E-state index contributed by atoms with van der Waals surface area (Å²) < 4.78 is 0.